The SMILES string of the molecule is Cc1cccc(CN(C)S(=O)(=O)CC2CCCN2)c1. The van der Waals surface area contributed by atoms with E-state index in [0.29, 0.717) is 6.54 Å². The quantitative estimate of drug-likeness (QED) is 0.890. The summed E-state index contributed by atoms with van der Waals surface area (Å²) in [5.41, 5.74) is 2.19. The molecule has 5 heteroatoms. The van der Waals surface area contributed by atoms with Crippen molar-refractivity contribution in [3.05, 3.63) is 35.4 Å². The third-order valence-corrected chi connectivity index (χ3v) is 5.44. The van der Waals surface area contributed by atoms with Crippen LogP contribution in [-0.4, -0.2) is 38.1 Å². The average Bonchev–Trinajstić information content (AvgIpc) is 2.81. The van der Waals surface area contributed by atoms with E-state index < -0.39 is 10.0 Å². The lowest BCUT2D eigenvalue weighted by atomic mass is 10.1. The smallest absolute Gasteiger partial charge is 0.215 e. The molecule has 19 heavy (non-hydrogen) atoms. The van der Waals surface area contributed by atoms with Gasteiger partial charge in [-0.05, 0) is 31.9 Å². The first-order valence-electron chi connectivity index (χ1n) is 6.70. The molecule has 2 rings (SSSR count). The van der Waals surface area contributed by atoms with Crippen LogP contribution >= 0.6 is 0 Å². The third-order valence-electron chi connectivity index (χ3n) is 3.54. The Kier molecular flexibility index (Phi) is 4.60. The number of hydrogen-bond donors (Lipinski definition) is 1. The van der Waals surface area contributed by atoms with Crippen molar-refractivity contribution in [3.63, 3.8) is 0 Å². The van der Waals surface area contributed by atoms with Gasteiger partial charge in [-0.1, -0.05) is 29.8 Å². The monoisotopic (exact) mass is 282 g/mol. The number of sulfonamides is 1. The van der Waals surface area contributed by atoms with E-state index in [9.17, 15) is 8.42 Å². The molecule has 0 bridgehead atoms. The standard InChI is InChI=1S/C14H22N2O2S/c1-12-5-3-6-13(9-12)10-16(2)19(17,18)11-14-7-4-8-15-14/h3,5-6,9,14-15H,4,7-8,10-11H2,1-2H3. The summed E-state index contributed by atoms with van der Waals surface area (Å²) in [6, 6.07) is 8.08. The lowest BCUT2D eigenvalue weighted by molar-refractivity contribution is 0.459. The maximum atomic E-state index is 12.3. The maximum Gasteiger partial charge on any atom is 0.215 e. The zero-order valence-corrected chi connectivity index (χ0v) is 12.4. The molecule has 1 atom stereocenters. The third kappa shape index (κ3) is 4.03. The predicted octanol–water partition coefficient (Wildman–Crippen LogP) is 1.51. The molecule has 0 spiro atoms. The molecule has 0 aromatic heterocycles. The first-order chi connectivity index (χ1) is 8.97. The molecule has 1 saturated heterocycles. The Balaban J connectivity index is 1.99. The molecule has 0 radical (unpaired) electrons. The second-order valence-electron chi connectivity index (χ2n) is 5.32. The van der Waals surface area contributed by atoms with E-state index >= 15 is 0 Å². The Labute approximate surface area is 115 Å². The molecular weight excluding hydrogens is 260 g/mol. The summed E-state index contributed by atoms with van der Waals surface area (Å²) in [4.78, 5) is 0. The zero-order chi connectivity index (χ0) is 13.9. The molecule has 1 fully saturated rings. The minimum absolute atomic E-state index is 0.116. The van der Waals surface area contributed by atoms with E-state index in [0.717, 1.165) is 30.5 Å². The van der Waals surface area contributed by atoms with Gasteiger partial charge in [-0.25, -0.2) is 12.7 Å². The van der Waals surface area contributed by atoms with Crippen LogP contribution in [0.2, 0.25) is 0 Å². The Morgan fingerprint density at radius 1 is 1.42 bits per heavy atom. The number of benzene rings is 1. The van der Waals surface area contributed by atoms with Crippen LogP contribution in [0, 0.1) is 6.92 Å². The lowest BCUT2D eigenvalue weighted by Gasteiger charge is -2.20. The summed E-state index contributed by atoms with van der Waals surface area (Å²) in [6.45, 7) is 3.39. The van der Waals surface area contributed by atoms with Crippen molar-refractivity contribution in [2.75, 3.05) is 19.3 Å². The van der Waals surface area contributed by atoms with Gasteiger partial charge in [0.2, 0.25) is 10.0 Å². The van der Waals surface area contributed by atoms with Crippen LogP contribution in [-0.2, 0) is 16.6 Å². The van der Waals surface area contributed by atoms with E-state index in [1.165, 1.54) is 4.31 Å². The molecule has 1 aromatic carbocycles. The largest absolute Gasteiger partial charge is 0.313 e. The Hall–Kier alpha value is -0.910. The van der Waals surface area contributed by atoms with Gasteiger partial charge >= 0.3 is 0 Å². The highest BCUT2D eigenvalue weighted by Crippen LogP contribution is 2.13. The van der Waals surface area contributed by atoms with Gasteiger partial charge in [-0.15, -0.1) is 0 Å². The van der Waals surface area contributed by atoms with Crippen LogP contribution in [0.5, 0.6) is 0 Å². The number of nitrogens with zero attached hydrogens (tertiary/aromatic N) is 1. The van der Waals surface area contributed by atoms with Crippen molar-refractivity contribution in [2.45, 2.75) is 32.4 Å². The first-order valence-corrected chi connectivity index (χ1v) is 8.31. The molecule has 1 unspecified atom stereocenters. The van der Waals surface area contributed by atoms with Crippen molar-refractivity contribution >= 4 is 10.0 Å². The average molecular weight is 282 g/mol. The molecule has 0 amide bonds. The maximum absolute atomic E-state index is 12.3. The highest BCUT2D eigenvalue weighted by atomic mass is 32.2. The summed E-state index contributed by atoms with van der Waals surface area (Å²) in [5, 5.41) is 3.23. The van der Waals surface area contributed by atoms with Crippen LogP contribution < -0.4 is 5.32 Å². The molecule has 0 aliphatic carbocycles. The van der Waals surface area contributed by atoms with Crippen LogP contribution in [0.1, 0.15) is 24.0 Å². The number of aryl methyl sites for hydroxylation is 1. The van der Waals surface area contributed by atoms with Crippen molar-refractivity contribution in [2.24, 2.45) is 0 Å². The summed E-state index contributed by atoms with van der Waals surface area (Å²) >= 11 is 0. The summed E-state index contributed by atoms with van der Waals surface area (Å²) in [7, 11) is -1.52. The van der Waals surface area contributed by atoms with Gasteiger partial charge in [-0.2, -0.15) is 0 Å². The molecule has 1 aliphatic rings. The number of hydrogen-bond acceptors (Lipinski definition) is 3. The van der Waals surface area contributed by atoms with Crippen molar-refractivity contribution in [3.8, 4) is 0 Å². The van der Waals surface area contributed by atoms with Gasteiger partial charge in [-0.3, -0.25) is 0 Å². The van der Waals surface area contributed by atoms with Gasteiger partial charge in [0.1, 0.15) is 0 Å². The Bertz CT molecular complexity index is 522. The highest BCUT2D eigenvalue weighted by molar-refractivity contribution is 7.89. The molecule has 1 N–H and O–H groups in total. The van der Waals surface area contributed by atoms with Crippen LogP contribution in [0.25, 0.3) is 0 Å². The van der Waals surface area contributed by atoms with Gasteiger partial charge in [0, 0.05) is 19.6 Å². The summed E-state index contributed by atoms with van der Waals surface area (Å²) in [6.07, 6.45) is 2.03. The van der Waals surface area contributed by atoms with Crippen molar-refractivity contribution in [1.82, 2.24) is 9.62 Å². The Morgan fingerprint density at radius 3 is 2.84 bits per heavy atom. The summed E-state index contributed by atoms with van der Waals surface area (Å²) in [5.74, 6) is 0.204. The number of nitrogens with one attached hydrogen (secondary N) is 1. The van der Waals surface area contributed by atoms with E-state index in [2.05, 4.69) is 5.32 Å². The van der Waals surface area contributed by atoms with Crippen molar-refractivity contribution in [1.29, 1.82) is 0 Å². The topological polar surface area (TPSA) is 49.4 Å². The minimum Gasteiger partial charge on any atom is -0.313 e. The molecular formula is C14H22N2O2S. The van der Waals surface area contributed by atoms with E-state index in [1.807, 2.05) is 31.2 Å². The fourth-order valence-electron chi connectivity index (χ4n) is 2.45. The molecule has 1 aliphatic heterocycles. The zero-order valence-electron chi connectivity index (χ0n) is 11.6. The van der Waals surface area contributed by atoms with Crippen LogP contribution in [0.3, 0.4) is 0 Å². The fourth-order valence-corrected chi connectivity index (χ4v) is 3.84. The van der Waals surface area contributed by atoms with Crippen LogP contribution in [0.4, 0.5) is 0 Å². The van der Waals surface area contributed by atoms with Crippen molar-refractivity contribution < 1.29 is 8.42 Å². The molecule has 4 nitrogen and oxygen atoms in total. The second-order valence-corrected chi connectivity index (χ2v) is 7.44. The summed E-state index contributed by atoms with van der Waals surface area (Å²) < 4.78 is 26.0. The normalized spacial score (nSPS) is 20.1. The predicted molar refractivity (Wildman–Crippen MR) is 77.5 cm³/mol. The second kappa shape index (κ2) is 6.03. The van der Waals surface area contributed by atoms with E-state index in [4.69, 9.17) is 0 Å². The van der Waals surface area contributed by atoms with E-state index in [1.54, 1.807) is 7.05 Å². The highest BCUT2D eigenvalue weighted by Gasteiger charge is 2.25. The van der Waals surface area contributed by atoms with Gasteiger partial charge in [0.25, 0.3) is 0 Å². The lowest BCUT2D eigenvalue weighted by Crippen LogP contribution is -2.37. The first kappa shape index (κ1) is 14.5. The van der Waals surface area contributed by atoms with Gasteiger partial charge in [0.15, 0.2) is 0 Å². The van der Waals surface area contributed by atoms with Gasteiger partial charge in [0.05, 0.1) is 5.75 Å². The fraction of sp³-hybridized carbons (Fsp3) is 0.571. The molecule has 0 saturated carbocycles. The molecule has 1 heterocycles. The molecule has 1 aromatic rings. The van der Waals surface area contributed by atoms with Gasteiger partial charge < -0.3 is 5.32 Å². The minimum atomic E-state index is -3.18. The van der Waals surface area contributed by atoms with E-state index in [-0.39, 0.29) is 11.8 Å². The number of rotatable bonds is 5. The molecule has 106 valence electrons. The Morgan fingerprint density at radius 2 is 2.21 bits per heavy atom. The van der Waals surface area contributed by atoms with Crippen LogP contribution in [0.15, 0.2) is 24.3 Å².